The van der Waals surface area contributed by atoms with Crippen molar-refractivity contribution in [3.8, 4) is 0 Å². The Labute approximate surface area is 144 Å². The Balaban J connectivity index is 2.26. The lowest BCUT2D eigenvalue weighted by atomic mass is 9.80. The molecule has 2 aliphatic rings. The van der Waals surface area contributed by atoms with Crippen LogP contribution < -0.4 is 0 Å². The minimum Gasteiger partial charge on any atom is -0.519 e. The van der Waals surface area contributed by atoms with E-state index in [2.05, 4.69) is 40.8 Å². The Kier molecular flexibility index (Phi) is 5.23. The Morgan fingerprint density at radius 3 is 2.17 bits per heavy atom. The van der Waals surface area contributed by atoms with E-state index in [9.17, 15) is 4.79 Å². The summed E-state index contributed by atoms with van der Waals surface area (Å²) in [6, 6.07) is 0. The van der Waals surface area contributed by atoms with Gasteiger partial charge in [-0.25, -0.2) is 0 Å². The highest BCUT2D eigenvalue weighted by molar-refractivity contribution is 6.75. The molecule has 0 spiro atoms. The lowest BCUT2D eigenvalue weighted by Gasteiger charge is -2.43. The summed E-state index contributed by atoms with van der Waals surface area (Å²) < 4.78 is 17.6. The van der Waals surface area contributed by atoms with Crippen LogP contribution in [0.2, 0.25) is 23.2 Å². The zero-order valence-corrected chi connectivity index (χ0v) is 18.0. The quantitative estimate of drug-likeness (QED) is 0.694. The third-order valence-electron chi connectivity index (χ3n) is 6.58. The minimum atomic E-state index is -2.09. The summed E-state index contributed by atoms with van der Waals surface area (Å²) in [6.07, 6.45) is 3.19. The molecule has 0 N–H and O–H groups in total. The van der Waals surface area contributed by atoms with Crippen molar-refractivity contribution in [2.75, 3.05) is 14.2 Å². The van der Waals surface area contributed by atoms with Gasteiger partial charge in [0.25, 0.3) is 14.3 Å². The summed E-state index contributed by atoms with van der Waals surface area (Å²) in [5, 5.41) is -0.0896. The second kappa shape index (κ2) is 6.28. The molecule has 4 atom stereocenters. The average molecular weight is 358 g/mol. The van der Waals surface area contributed by atoms with Crippen LogP contribution in [0, 0.1) is 17.8 Å². The highest BCUT2D eigenvalue weighted by atomic mass is 28.4. The lowest BCUT2D eigenvalue weighted by molar-refractivity contribution is -0.142. The van der Waals surface area contributed by atoms with Gasteiger partial charge in [0.05, 0.1) is 5.92 Å². The fourth-order valence-corrected chi connectivity index (χ4v) is 7.73. The maximum Gasteiger partial charge on any atom is 0.392 e. The molecule has 2 saturated carbocycles. The molecule has 2 bridgehead atoms. The first-order valence-electron chi connectivity index (χ1n) is 8.68. The summed E-state index contributed by atoms with van der Waals surface area (Å²) in [7, 11) is -0.132. The molecule has 2 fully saturated rings. The SMILES string of the molecule is CO[Si](OC)C12CC(CC1C)CC2C(=O)O[Si](C)(C)C(C)(C)C. The smallest absolute Gasteiger partial charge is 0.392 e. The molecule has 0 aromatic heterocycles. The first-order chi connectivity index (χ1) is 10.5. The predicted molar refractivity (Wildman–Crippen MR) is 95.7 cm³/mol. The van der Waals surface area contributed by atoms with Gasteiger partial charge in [0.2, 0.25) is 0 Å². The summed E-state index contributed by atoms with van der Waals surface area (Å²) in [4.78, 5) is 13.1. The number of rotatable bonds is 5. The number of hydrogen-bond donors (Lipinski definition) is 0. The van der Waals surface area contributed by atoms with E-state index in [4.69, 9.17) is 13.3 Å². The third-order valence-corrected chi connectivity index (χ3v) is 13.5. The van der Waals surface area contributed by atoms with Crippen molar-refractivity contribution in [1.29, 1.82) is 0 Å². The van der Waals surface area contributed by atoms with E-state index in [1.165, 1.54) is 6.42 Å². The molecule has 4 unspecified atom stereocenters. The van der Waals surface area contributed by atoms with Crippen LogP contribution in [-0.4, -0.2) is 37.8 Å². The zero-order chi connectivity index (χ0) is 17.6. The monoisotopic (exact) mass is 357 g/mol. The van der Waals surface area contributed by atoms with Crippen LogP contribution in [0.3, 0.4) is 0 Å². The number of hydrogen-bond acceptors (Lipinski definition) is 4. The molecule has 23 heavy (non-hydrogen) atoms. The van der Waals surface area contributed by atoms with Gasteiger partial charge in [0, 0.05) is 19.3 Å². The van der Waals surface area contributed by atoms with E-state index < -0.39 is 17.6 Å². The Morgan fingerprint density at radius 2 is 1.74 bits per heavy atom. The van der Waals surface area contributed by atoms with Crippen LogP contribution in [0.5, 0.6) is 0 Å². The molecule has 0 aromatic rings. The summed E-state index contributed by atoms with van der Waals surface area (Å²) in [5.74, 6) is 1.03. The van der Waals surface area contributed by atoms with Gasteiger partial charge in [-0.2, -0.15) is 0 Å². The third kappa shape index (κ3) is 3.07. The highest BCUT2D eigenvalue weighted by Crippen LogP contribution is 2.67. The van der Waals surface area contributed by atoms with Crippen LogP contribution in [-0.2, 0) is 18.1 Å². The van der Waals surface area contributed by atoms with Gasteiger partial charge in [0.15, 0.2) is 0 Å². The van der Waals surface area contributed by atoms with Crippen molar-refractivity contribution >= 4 is 23.6 Å². The predicted octanol–water partition coefficient (Wildman–Crippen LogP) is 4.12. The van der Waals surface area contributed by atoms with Crippen molar-refractivity contribution in [2.45, 2.75) is 70.1 Å². The summed E-state index contributed by atoms with van der Waals surface area (Å²) >= 11 is 0. The Morgan fingerprint density at radius 1 is 1.17 bits per heavy atom. The van der Waals surface area contributed by atoms with Crippen molar-refractivity contribution in [3.63, 3.8) is 0 Å². The zero-order valence-electron chi connectivity index (χ0n) is 16.0. The van der Waals surface area contributed by atoms with Crippen LogP contribution >= 0.6 is 0 Å². The average Bonchev–Trinajstić information content (AvgIpc) is 2.93. The molecule has 133 valence electrons. The highest BCUT2D eigenvalue weighted by Gasteiger charge is 2.66. The molecule has 0 aliphatic heterocycles. The molecule has 0 amide bonds. The summed E-state index contributed by atoms with van der Waals surface area (Å²) in [5.41, 5.74) is 0. The molecule has 4 nitrogen and oxygen atoms in total. The Hall–Kier alpha value is -0.176. The van der Waals surface area contributed by atoms with Gasteiger partial charge < -0.3 is 13.3 Å². The minimum absolute atomic E-state index is 0.00208. The number of fused-ring (bicyclic) bond motifs is 2. The van der Waals surface area contributed by atoms with Crippen molar-refractivity contribution < 1.29 is 18.1 Å². The fourth-order valence-electron chi connectivity index (χ4n) is 4.35. The van der Waals surface area contributed by atoms with E-state index in [1.54, 1.807) is 14.2 Å². The van der Waals surface area contributed by atoms with Crippen LogP contribution in [0.15, 0.2) is 0 Å². The lowest BCUT2D eigenvalue weighted by Crippen LogP contribution is -2.50. The van der Waals surface area contributed by atoms with Crippen molar-refractivity contribution in [3.05, 3.63) is 0 Å². The number of carbonyl (C=O) groups is 1. The van der Waals surface area contributed by atoms with Gasteiger partial charge in [-0.15, -0.1) is 0 Å². The van der Waals surface area contributed by atoms with Gasteiger partial charge in [-0.3, -0.25) is 4.79 Å². The molecule has 0 aromatic carbocycles. The van der Waals surface area contributed by atoms with Crippen LogP contribution in [0.25, 0.3) is 0 Å². The molecular weight excluding hydrogens is 324 g/mol. The molecular formula is C17H33O4Si2. The second-order valence-corrected chi connectivity index (χ2v) is 16.0. The van der Waals surface area contributed by atoms with Gasteiger partial charge in [-0.1, -0.05) is 27.7 Å². The van der Waals surface area contributed by atoms with Crippen LogP contribution in [0.1, 0.15) is 47.0 Å². The largest absolute Gasteiger partial charge is 0.519 e. The maximum atomic E-state index is 13.1. The molecule has 1 radical (unpaired) electrons. The van der Waals surface area contributed by atoms with Crippen LogP contribution in [0.4, 0.5) is 0 Å². The van der Waals surface area contributed by atoms with Gasteiger partial charge >= 0.3 is 9.28 Å². The fraction of sp³-hybridized carbons (Fsp3) is 0.941. The number of carbonyl (C=O) groups excluding carboxylic acids is 1. The van der Waals surface area contributed by atoms with Crippen molar-refractivity contribution in [1.82, 2.24) is 0 Å². The van der Waals surface area contributed by atoms with Gasteiger partial charge in [-0.05, 0) is 49.2 Å². The first-order valence-corrected chi connectivity index (χ1v) is 12.9. The molecule has 2 aliphatic carbocycles. The standard InChI is InChI=1S/C17H33O4Si2/c1-12-9-13-10-14(17(12,11-13)22(19-5)20-6)15(18)21-23(7,8)16(2,3)4/h12-14H,9-11H2,1-8H3. The maximum absolute atomic E-state index is 13.1. The molecule has 0 saturated heterocycles. The Bertz CT molecular complexity index is 456. The molecule has 2 rings (SSSR count). The van der Waals surface area contributed by atoms with E-state index in [0.717, 1.165) is 12.8 Å². The summed E-state index contributed by atoms with van der Waals surface area (Å²) in [6.45, 7) is 13.1. The normalized spacial score (nSPS) is 34.2. The molecule has 6 heteroatoms. The van der Waals surface area contributed by atoms with E-state index in [0.29, 0.717) is 11.8 Å². The topological polar surface area (TPSA) is 44.8 Å². The van der Waals surface area contributed by atoms with E-state index >= 15 is 0 Å². The molecule has 0 heterocycles. The van der Waals surface area contributed by atoms with E-state index in [1.807, 2.05) is 0 Å². The second-order valence-electron chi connectivity index (χ2n) is 8.91. The van der Waals surface area contributed by atoms with E-state index in [-0.39, 0.29) is 22.0 Å². The first kappa shape index (κ1) is 19.2. The van der Waals surface area contributed by atoms with Crippen molar-refractivity contribution in [2.24, 2.45) is 17.8 Å². The van der Waals surface area contributed by atoms with Gasteiger partial charge in [0.1, 0.15) is 0 Å².